The summed E-state index contributed by atoms with van der Waals surface area (Å²) >= 11 is 0. The molecule has 1 unspecified atom stereocenters. The largest absolute Gasteiger partial charge is 0.382 e. The number of aromatic nitrogens is 4. The van der Waals surface area contributed by atoms with Gasteiger partial charge in [-0.05, 0) is 24.6 Å². The summed E-state index contributed by atoms with van der Waals surface area (Å²) in [6, 6.07) is 7.96. The Bertz CT molecular complexity index is 829. The second kappa shape index (κ2) is 6.01. The lowest BCUT2D eigenvalue weighted by Gasteiger charge is -2.09. The summed E-state index contributed by atoms with van der Waals surface area (Å²) in [6.07, 6.45) is 1.64. The number of rotatable bonds is 4. The van der Waals surface area contributed by atoms with Crippen molar-refractivity contribution in [2.24, 2.45) is 5.73 Å². The molecule has 0 fully saturated rings. The molecule has 0 aliphatic carbocycles. The summed E-state index contributed by atoms with van der Waals surface area (Å²) in [4.78, 5) is 16.5. The van der Waals surface area contributed by atoms with Crippen LogP contribution in [0.15, 0.2) is 30.5 Å². The van der Waals surface area contributed by atoms with Crippen LogP contribution in [0.25, 0.3) is 11.2 Å². The molecule has 0 amide bonds. The number of nitrogens with one attached hydrogen (secondary N) is 1. The van der Waals surface area contributed by atoms with E-state index >= 15 is 0 Å². The molecule has 23 heavy (non-hydrogen) atoms. The quantitative estimate of drug-likeness (QED) is 0.563. The lowest BCUT2D eigenvalue weighted by atomic mass is 10.1. The molecule has 0 saturated heterocycles. The van der Waals surface area contributed by atoms with Gasteiger partial charge in [0.1, 0.15) is 0 Å². The Morgan fingerprint density at radius 1 is 1.09 bits per heavy atom. The monoisotopic (exact) mass is 310 g/mol. The topological polar surface area (TPSA) is 142 Å². The summed E-state index contributed by atoms with van der Waals surface area (Å²) in [5.74, 6) is 0.313. The number of nitrogens with two attached hydrogens (primary N) is 3. The first-order valence-corrected chi connectivity index (χ1v) is 7.17. The maximum atomic E-state index is 5.84. The van der Waals surface area contributed by atoms with Crippen molar-refractivity contribution < 1.29 is 0 Å². The lowest BCUT2D eigenvalue weighted by Crippen LogP contribution is -2.07. The van der Waals surface area contributed by atoms with Crippen LogP contribution < -0.4 is 22.5 Å². The minimum absolute atomic E-state index is 0.0193. The number of nitrogens with zero attached hydrogens (tertiary/aromatic N) is 4. The Morgan fingerprint density at radius 3 is 2.52 bits per heavy atom. The Balaban J connectivity index is 1.76. The van der Waals surface area contributed by atoms with Gasteiger partial charge in [0.2, 0.25) is 5.95 Å². The molecular formula is C15H18N8. The van der Waals surface area contributed by atoms with E-state index in [9.17, 15) is 0 Å². The van der Waals surface area contributed by atoms with E-state index in [1.165, 1.54) is 0 Å². The third-order valence-corrected chi connectivity index (χ3v) is 3.41. The molecular weight excluding hydrogens is 292 g/mol. The number of fused-ring (bicyclic) bond motifs is 1. The highest BCUT2D eigenvalue weighted by Crippen LogP contribution is 2.17. The van der Waals surface area contributed by atoms with Crippen LogP contribution in [0.5, 0.6) is 0 Å². The van der Waals surface area contributed by atoms with Gasteiger partial charge >= 0.3 is 0 Å². The third kappa shape index (κ3) is 3.27. The number of anilines is 3. The third-order valence-electron chi connectivity index (χ3n) is 3.41. The zero-order valence-corrected chi connectivity index (χ0v) is 12.7. The van der Waals surface area contributed by atoms with Gasteiger partial charge in [0, 0.05) is 11.7 Å². The van der Waals surface area contributed by atoms with Crippen LogP contribution in [-0.4, -0.2) is 19.9 Å². The fraction of sp³-hybridized carbons (Fsp3) is 0.200. The molecule has 0 radical (unpaired) electrons. The molecule has 3 rings (SSSR count). The number of benzene rings is 1. The van der Waals surface area contributed by atoms with Crippen LogP contribution in [0.1, 0.15) is 24.2 Å². The first-order valence-electron chi connectivity index (χ1n) is 7.17. The van der Waals surface area contributed by atoms with Crippen LogP contribution in [0.2, 0.25) is 0 Å². The van der Waals surface area contributed by atoms with Crippen LogP contribution in [0, 0.1) is 0 Å². The molecule has 1 atom stereocenters. The van der Waals surface area contributed by atoms with E-state index < -0.39 is 0 Å². The second-order valence-electron chi connectivity index (χ2n) is 5.26. The van der Waals surface area contributed by atoms with Gasteiger partial charge in [0.25, 0.3) is 0 Å². The van der Waals surface area contributed by atoms with Crippen LogP contribution in [-0.2, 0) is 6.54 Å². The summed E-state index contributed by atoms with van der Waals surface area (Å²) in [6.45, 7) is 2.45. The van der Waals surface area contributed by atoms with Crippen molar-refractivity contribution in [3.63, 3.8) is 0 Å². The smallest absolute Gasteiger partial charge is 0.224 e. The maximum Gasteiger partial charge on any atom is 0.224 e. The summed E-state index contributed by atoms with van der Waals surface area (Å²) in [7, 11) is 0. The van der Waals surface area contributed by atoms with Gasteiger partial charge in [-0.1, -0.05) is 12.1 Å². The van der Waals surface area contributed by atoms with Gasteiger partial charge in [-0.3, -0.25) is 0 Å². The number of hydrogen-bond donors (Lipinski definition) is 4. The van der Waals surface area contributed by atoms with Gasteiger partial charge in [-0.25, -0.2) is 9.97 Å². The normalized spacial score (nSPS) is 12.3. The van der Waals surface area contributed by atoms with Crippen LogP contribution in [0.3, 0.4) is 0 Å². The number of nitrogen functional groups attached to an aromatic ring is 2. The highest BCUT2D eigenvalue weighted by Gasteiger charge is 2.07. The Morgan fingerprint density at radius 2 is 1.83 bits per heavy atom. The van der Waals surface area contributed by atoms with Gasteiger partial charge in [-0.15, -0.1) is 0 Å². The van der Waals surface area contributed by atoms with Crippen molar-refractivity contribution in [3.8, 4) is 0 Å². The van der Waals surface area contributed by atoms with E-state index in [0.717, 1.165) is 16.9 Å². The van der Waals surface area contributed by atoms with Gasteiger partial charge in [-0.2, -0.15) is 9.97 Å². The van der Waals surface area contributed by atoms with Gasteiger partial charge in [0.05, 0.1) is 18.4 Å². The zero-order valence-electron chi connectivity index (χ0n) is 12.7. The van der Waals surface area contributed by atoms with Crippen molar-refractivity contribution in [1.29, 1.82) is 0 Å². The zero-order chi connectivity index (χ0) is 16.4. The molecule has 8 nitrogen and oxygen atoms in total. The van der Waals surface area contributed by atoms with Crippen molar-refractivity contribution in [2.75, 3.05) is 16.8 Å². The van der Waals surface area contributed by atoms with E-state index in [1.807, 2.05) is 31.2 Å². The van der Waals surface area contributed by atoms with Gasteiger partial charge < -0.3 is 22.5 Å². The van der Waals surface area contributed by atoms with Crippen molar-refractivity contribution in [2.45, 2.75) is 19.5 Å². The van der Waals surface area contributed by atoms with Gasteiger partial charge in [0.15, 0.2) is 17.0 Å². The highest BCUT2D eigenvalue weighted by atomic mass is 15.1. The summed E-state index contributed by atoms with van der Waals surface area (Å²) in [5, 5.41) is 3.27. The molecule has 0 spiro atoms. The van der Waals surface area contributed by atoms with Crippen molar-refractivity contribution in [3.05, 3.63) is 41.7 Å². The second-order valence-corrected chi connectivity index (χ2v) is 5.26. The van der Waals surface area contributed by atoms with E-state index in [1.54, 1.807) is 6.20 Å². The molecule has 2 aromatic heterocycles. The molecule has 7 N–H and O–H groups in total. The van der Waals surface area contributed by atoms with Crippen LogP contribution >= 0.6 is 0 Å². The molecule has 2 heterocycles. The van der Waals surface area contributed by atoms with E-state index in [4.69, 9.17) is 17.2 Å². The average Bonchev–Trinajstić information content (AvgIpc) is 2.53. The fourth-order valence-electron chi connectivity index (χ4n) is 2.17. The van der Waals surface area contributed by atoms with E-state index in [-0.39, 0.29) is 17.8 Å². The Labute approximate surface area is 133 Å². The molecule has 1 aromatic carbocycles. The first-order chi connectivity index (χ1) is 11.0. The first kappa shape index (κ1) is 14.9. The van der Waals surface area contributed by atoms with Crippen molar-refractivity contribution in [1.82, 2.24) is 19.9 Å². The molecule has 0 aliphatic heterocycles. The Hall–Kier alpha value is -3.00. The Kier molecular flexibility index (Phi) is 3.90. The van der Waals surface area contributed by atoms with Crippen LogP contribution in [0.4, 0.5) is 17.5 Å². The van der Waals surface area contributed by atoms with E-state index in [0.29, 0.717) is 17.7 Å². The molecule has 0 bridgehead atoms. The molecule has 0 saturated carbocycles. The lowest BCUT2D eigenvalue weighted by molar-refractivity contribution is 0.818. The standard InChI is InChI=1S/C15H18N8/c1-8(16)9-2-4-10(5-3-9)19-6-11-7-20-14-12(21-11)13(17)22-15(18)23-14/h2-5,7-8,19H,6,16H2,1H3,(H4,17,18,20,22,23). The molecule has 3 aromatic rings. The number of hydrogen-bond acceptors (Lipinski definition) is 8. The average molecular weight is 310 g/mol. The predicted octanol–water partition coefficient (Wildman–Crippen LogP) is 1.22. The molecule has 0 aliphatic rings. The molecule has 118 valence electrons. The maximum absolute atomic E-state index is 5.84. The minimum Gasteiger partial charge on any atom is -0.382 e. The summed E-state index contributed by atoms with van der Waals surface area (Å²) < 4.78 is 0. The SMILES string of the molecule is CC(N)c1ccc(NCc2cnc3nc(N)nc(N)c3n2)cc1. The van der Waals surface area contributed by atoms with Crippen molar-refractivity contribution >= 4 is 28.6 Å². The fourth-order valence-corrected chi connectivity index (χ4v) is 2.17. The highest BCUT2D eigenvalue weighted by molar-refractivity contribution is 5.81. The molecule has 8 heteroatoms. The minimum atomic E-state index is 0.0193. The van der Waals surface area contributed by atoms with E-state index in [2.05, 4.69) is 25.3 Å². The summed E-state index contributed by atoms with van der Waals surface area (Å²) in [5.41, 5.74) is 20.8. The predicted molar refractivity (Wildman–Crippen MR) is 90.3 cm³/mol.